The first-order valence-electron chi connectivity index (χ1n) is 12.2. The zero-order valence-electron chi connectivity index (χ0n) is 20.2. The number of allylic oxidation sites excluding steroid dienone is 1. The second-order valence-electron chi connectivity index (χ2n) is 8.93. The summed E-state index contributed by atoms with van der Waals surface area (Å²) in [5.74, 6) is -1.75. The number of rotatable bonds is 8. The van der Waals surface area contributed by atoms with E-state index in [9.17, 15) is 8.78 Å². The molecule has 0 N–H and O–H groups in total. The zero-order chi connectivity index (χ0) is 24.8. The van der Waals surface area contributed by atoms with Gasteiger partial charge in [-0.25, -0.2) is 13.2 Å². The molecule has 5 heteroatoms. The molecule has 1 aliphatic carbocycles. The quantitative estimate of drug-likeness (QED) is 0.322. The maximum atomic E-state index is 15.1. The van der Waals surface area contributed by atoms with Gasteiger partial charge in [0.15, 0.2) is 23.2 Å². The summed E-state index contributed by atoms with van der Waals surface area (Å²) in [6.45, 7) is 4.46. The highest BCUT2D eigenvalue weighted by Gasteiger charge is 2.27. The topological polar surface area (TPSA) is 18.5 Å². The summed E-state index contributed by atoms with van der Waals surface area (Å²) in [5.41, 5.74) is 3.13. The molecule has 1 saturated carbocycles. The second-order valence-corrected chi connectivity index (χ2v) is 8.93. The summed E-state index contributed by atoms with van der Waals surface area (Å²) >= 11 is 0. The highest BCUT2D eigenvalue weighted by molar-refractivity contribution is 5.67. The number of halogens is 3. The highest BCUT2D eigenvalue weighted by atomic mass is 19.2. The molecule has 0 amide bonds. The van der Waals surface area contributed by atoms with Crippen molar-refractivity contribution in [2.24, 2.45) is 0 Å². The summed E-state index contributed by atoms with van der Waals surface area (Å²) < 4.78 is 55.3. The molecule has 0 radical (unpaired) electrons. The Hall–Kier alpha value is -3.05. The standard InChI is InChI=1S/C30H31F3O2/c1-3-5-20-6-9-22(10-7-20)25-15-16-26(30(33)29(25)32)23-11-13-24(14-12-23)35-19-21-8-17-28(34-4-2)27(31)18-21/h3,5-10,15-18,23-24H,4,11-14,19H2,1-2H3/b5-3+. The van der Waals surface area contributed by atoms with Gasteiger partial charge in [-0.05, 0) is 79.8 Å². The Bertz CT molecular complexity index is 1160. The Kier molecular flexibility index (Phi) is 8.29. The molecule has 0 heterocycles. The Labute approximate surface area is 205 Å². The van der Waals surface area contributed by atoms with Crippen LogP contribution < -0.4 is 4.74 Å². The normalized spacial score (nSPS) is 18.2. The minimum absolute atomic E-state index is 0.0174. The van der Waals surface area contributed by atoms with Gasteiger partial charge in [0.05, 0.1) is 19.3 Å². The molecular weight excluding hydrogens is 449 g/mol. The van der Waals surface area contributed by atoms with E-state index in [0.717, 1.165) is 36.8 Å². The van der Waals surface area contributed by atoms with E-state index in [1.54, 1.807) is 24.3 Å². The van der Waals surface area contributed by atoms with Crippen molar-refractivity contribution in [3.05, 3.63) is 94.8 Å². The fraction of sp³-hybridized carbons (Fsp3) is 0.333. The van der Waals surface area contributed by atoms with E-state index in [-0.39, 0.29) is 23.3 Å². The predicted octanol–water partition coefficient (Wildman–Crippen LogP) is 8.45. The van der Waals surface area contributed by atoms with Crippen LogP contribution in [0.1, 0.15) is 62.1 Å². The van der Waals surface area contributed by atoms with Gasteiger partial charge in [0, 0.05) is 5.56 Å². The van der Waals surface area contributed by atoms with Gasteiger partial charge in [-0.3, -0.25) is 0 Å². The average molecular weight is 481 g/mol. The van der Waals surface area contributed by atoms with Gasteiger partial charge in [-0.1, -0.05) is 54.6 Å². The molecule has 0 aromatic heterocycles. The SMILES string of the molecule is C/C=C/c1ccc(-c2ccc(C3CCC(OCc4ccc(OCC)c(F)c4)CC3)c(F)c2F)cc1. The lowest BCUT2D eigenvalue weighted by molar-refractivity contribution is 0.0130. The van der Waals surface area contributed by atoms with Gasteiger partial charge in [0.2, 0.25) is 0 Å². The van der Waals surface area contributed by atoms with Gasteiger partial charge in [0.1, 0.15) is 0 Å². The van der Waals surface area contributed by atoms with Crippen LogP contribution in [0.4, 0.5) is 13.2 Å². The number of hydrogen-bond donors (Lipinski definition) is 0. The molecule has 2 nitrogen and oxygen atoms in total. The Morgan fingerprint density at radius 1 is 0.886 bits per heavy atom. The van der Waals surface area contributed by atoms with Crippen LogP contribution >= 0.6 is 0 Å². The summed E-state index contributed by atoms with van der Waals surface area (Å²) in [4.78, 5) is 0. The maximum absolute atomic E-state index is 15.1. The van der Waals surface area contributed by atoms with Crippen molar-refractivity contribution < 1.29 is 22.6 Å². The van der Waals surface area contributed by atoms with Crippen LogP contribution in [0.3, 0.4) is 0 Å². The predicted molar refractivity (Wildman–Crippen MR) is 134 cm³/mol. The van der Waals surface area contributed by atoms with Crippen molar-refractivity contribution in [1.29, 1.82) is 0 Å². The lowest BCUT2D eigenvalue weighted by Gasteiger charge is -2.29. The number of benzene rings is 3. The molecule has 0 atom stereocenters. The van der Waals surface area contributed by atoms with Gasteiger partial charge >= 0.3 is 0 Å². The van der Waals surface area contributed by atoms with Crippen molar-refractivity contribution in [3.63, 3.8) is 0 Å². The zero-order valence-corrected chi connectivity index (χ0v) is 20.2. The minimum Gasteiger partial charge on any atom is -0.491 e. The summed E-state index contributed by atoms with van der Waals surface area (Å²) in [6, 6.07) is 15.7. The van der Waals surface area contributed by atoms with E-state index >= 15 is 4.39 Å². The minimum atomic E-state index is -0.794. The van der Waals surface area contributed by atoms with E-state index in [4.69, 9.17) is 9.47 Å². The van der Waals surface area contributed by atoms with Crippen LogP contribution in [-0.4, -0.2) is 12.7 Å². The molecule has 35 heavy (non-hydrogen) atoms. The monoisotopic (exact) mass is 480 g/mol. The first-order valence-corrected chi connectivity index (χ1v) is 12.2. The molecule has 0 unspecified atom stereocenters. The van der Waals surface area contributed by atoms with Gasteiger partial charge < -0.3 is 9.47 Å². The van der Waals surface area contributed by atoms with Gasteiger partial charge in [0.25, 0.3) is 0 Å². The van der Waals surface area contributed by atoms with Crippen LogP contribution in [-0.2, 0) is 11.3 Å². The van der Waals surface area contributed by atoms with Crippen molar-refractivity contribution >= 4 is 6.08 Å². The van der Waals surface area contributed by atoms with E-state index < -0.39 is 17.5 Å². The number of ether oxygens (including phenoxy) is 2. The third-order valence-corrected chi connectivity index (χ3v) is 6.59. The van der Waals surface area contributed by atoms with Crippen molar-refractivity contribution in [2.45, 2.75) is 58.2 Å². The third kappa shape index (κ3) is 5.96. The molecule has 184 valence electrons. The highest BCUT2D eigenvalue weighted by Crippen LogP contribution is 2.38. The maximum Gasteiger partial charge on any atom is 0.166 e. The summed E-state index contributed by atoms with van der Waals surface area (Å²) in [6.07, 6.45) is 6.85. The van der Waals surface area contributed by atoms with Crippen LogP contribution in [0.2, 0.25) is 0 Å². The Morgan fingerprint density at radius 3 is 2.29 bits per heavy atom. The molecule has 3 aromatic rings. The molecule has 1 aliphatic rings. The molecule has 0 bridgehead atoms. The molecular formula is C30H31F3O2. The Morgan fingerprint density at radius 2 is 1.63 bits per heavy atom. The lowest BCUT2D eigenvalue weighted by atomic mass is 9.82. The van der Waals surface area contributed by atoms with Gasteiger partial charge in [-0.15, -0.1) is 0 Å². The van der Waals surface area contributed by atoms with E-state index in [2.05, 4.69) is 0 Å². The molecule has 3 aromatic carbocycles. The number of hydrogen-bond acceptors (Lipinski definition) is 2. The molecule has 0 spiro atoms. The van der Waals surface area contributed by atoms with Crippen LogP contribution in [0, 0.1) is 17.5 Å². The van der Waals surface area contributed by atoms with Crippen LogP contribution in [0.5, 0.6) is 5.75 Å². The lowest BCUT2D eigenvalue weighted by Crippen LogP contribution is -2.21. The van der Waals surface area contributed by atoms with Gasteiger partial charge in [-0.2, -0.15) is 0 Å². The fourth-order valence-electron chi connectivity index (χ4n) is 4.73. The van der Waals surface area contributed by atoms with Crippen molar-refractivity contribution in [1.82, 2.24) is 0 Å². The van der Waals surface area contributed by atoms with Crippen LogP contribution in [0.15, 0.2) is 60.7 Å². The van der Waals surface area contributed by atoms with E-state index in [1.807, 2.05) is 50.3 Å². The summed E-state index contributed by atoms with van der Waals surface area (Å²) in [5, 5.41) is 0. The van der Waals surface area contributed by atoms with E-state index in [0.29, 0.717) is 24.3 Å². The summed E-state index contributed by atoms with van der Waals surface area (Å²) in [7, 11) is 0. The van der Waals surface area contributed by atoms with Crippen molar-refractivity contribution in [3.8, 4) is 16.9 Å². The Balaban J connectivity index is 1.36. The largest absolute Gasteiger partial charge is 0.491 e. The second kappa shape index (κ2) is 11.6. The molecule has 1 fully saturated rings. The molecule has 0 saturated heterocycles. The van der Waals surface area contributed by atoms with Crippen LogP contribution in [0.25, 0.3) is 17.2 Å². The first-order chi connectivity index (χ1) is 17.0. The molecule has 4 rings (SSSR count). The third-order valence-electron chi connectivity index (χ3n) is 6.59. The smallest absolute Gasteiger partial charge is 0.166 e. The first kappa shape index (κ1) is 25.1. The average Bonchev–Trinajstić information content (AvgIpc) is 2.87. The fourth-order valence-corrected chi connectivity index (χ4v) is 4.73. The van der Waals surface area contributed by atoms with Crippen molar-refractivity contribution in [2.75, 3.05) is 6.61 Å². The molecule has 0 aliphatic heterocycles. The van der Waals surface area contributed by atoms with E-state index in [1.165, 1.54) is 6.07 Å².